The fourth-order valence-electron chi connectivity index (χ4n) is 3.36. The van der Waals surface area contributed by atoms with Gasteiger partial charge in [-0.15, -0.1) is 18.5 Å². The van der Waals surface area contributed by atoms with Crippen LogP contribution in [0.15, 0.2) is 41.6 Å². The molecule has 7 nitrogen and oxygen atoms in total. The molecule has 0 aliphatic heterocycles. The Balaban J connectivity index is 1.70. The van der Waals surface area contributed by atoms with Gasteiger partial charge in [-0.3, -0.25) is 9.59 Å². The molecule has 4 rings (SSSR count). The summed E-state index contributed by atoms with van der Waals surface area (Å²) in [6.45, 7) is 1.34. The van der Waals surface area contributed by atoms with Crippen LogP contribution in [0.25, 0.3) is 11.1 Å². The minimum Gasteiger partial charge on any atom is -0.307 e. The Morgan fingerprint density at radius 2 is 2.03 bits per heavy atom. The molecule has 0 saturated heterocycles. The quantitative estimate of drug-likeness (QED) is 0.591. The number of aryl methyl sites for hydroxylation is 1. The highest BCUT2D eigenvalue weighted by molar-refractivity contribution is 7.41. The number of hydrogen-bond donors (Lipinski definition) is 1. The van der Waals surface area contributed by atoms with E-state index in [2.05, 4.69) is 38.9 Å². The highest BCUT2D eigenvalue weighted by atomic mass is 31.1. The van der Waals surface area contributed by atoms with Gasteiger partial charge in [-0.25, -0.2) is 23.4 Å². The third kappa shape index (κ3) is 4.68. The van der Waals surface area contributed by atoms with Gasteiger partial charge in [-0.05, 0) is 36.6 Å². The van der Waals surface area contributed by atoms with E-state index >= 15 is 0 Å². The number of aromatic nitrogens is 4. The van der Waals surface area contributed by atoms with Crippen molar-refractivity contribution in [2.45, 2.75) is 30.7 Å². The smallest absolute Gasteiger partial charge is 0.267 e. The van der Waals surface area contributed by atoms with E-state index in [0.29, 0.717) is 16.8 Å². The van der Waals surface area contributed by atoms with Crippen molar-refractivity contribution in [1.29, 1.82) is 0 Å². The molecule has 2 heterocycles. The number of benzene rings is 1. The molecule has 1 aliphatic carbocycles. The Bertz CT molecular complexity index is 1230. The van der Waals surface area contributed by atoms with E-state index in [9.17, 15) is 18.4 Å². The zero-order valence-electron chi connectivity index (χ0n) is 16.5. The summed E-state index contributed by atoms with van der Waals surface area (Å²) in [6.07, 6.45) is 2.81. The van der Waals surface area contributed by atoms with E-state index in [-0.39, 0.29) is 16.6 Å². The lowest BCUT2D eigenvalue weighted by molar-refractivity contribution is -0.117. The van der Waals surface area contributed by atoms with E-state index in [1.165, 1.54) is 18.2 Å². The molecular weight excluding hydrogens is 442 g/mol. The van der Waals surface area contributed by atoms with Crippen molar-refractivity contribution < 1.29 is 13.6 Å². The van der Waals surface area contributed by atoms with E-state index in [1.54, 1.807) is 13.0 Å². The summed E-state index contributed by atoms with van der Waals surface area (Å²) in [5.41, 5.74) is 1.86. The highest BCUT2D eigenvalue weighted by Gasteiger charge is 2.49. The van der Waals surface area contributed by atoms with Crippen molar-refractivity contribution in [3.05, 3.63) is 70.0 Å². The zero-order chi connectivity index (χ0) is 22.3. The van der Waals surface area contributed by atoms with Gasteiger partial charge in [0.05, 0.1) is 11.9 Å². The summed E-state index contributed by atoms with van der Waals surface area (Å²) in [5, 5.41) is 6.74. The van der Waals surface area contributed by atoms with Gasteiger partial charge >= 0.3 is 0 Å². The van der Waals surface area contributed by atoms with Crippen molar-refractivity contribution in [2.24, 2.45) is 0 Å². The SMILES string of the molecule is Cc1cc(F)cc(-c2cc(=O)n(CC(=O)Nc3ncncc3F)nc2[C@H]2CC2(P)P)c1. The molecule has 2 aromatic heterocycles. The molecule has 11 heteroatoms. The minimum absolute atomic E-state index is 0.00436. The lowest BCUT2D eigenvalue weighted by Crippen LogP contribution is -2.31. The van der Waals surface area contributed by atoms with Crippen LogP contribution in [-0.2, 0) is 11.3 Å². The monoisotopic (exact) mass is 461 g/mol. The molecule has 0 radical (unpaired) electrons. The van der Waals surface area contributed by atoms with Crippen molar-refractivity contribution in [3.63, 3.8) is 0 Å². The second kappa shape index (κ2) is 8.13. The molecule has 160 valence electrons. The largest absolute Gasteiger partial charge is 0.307 e. The predicted molar refractivity (Wildman–Crippen MR) is 119 cm³/mol. The molecule has 2 unspecified atom stereocenters. The molecular formula is C20H19F2N5O2P2. The van der Waals surface area contributed by atoms with Gasteiger partial charge in [0, 0.05) is 22.4 Å². The molecule has 1 fully saturated rings. The topological polar surface area (TPSA) is 89.8 Å². The van der Waals surface area contributed by atoms with Gasteiger partial charge in [-0.2, -0.15) is 5.10 Å². The first-order valence-corrected chi connectivity index (χ1v) is 10.5. The number of anilines is 1. The summed E-state index contributed by atoms with van der Waals surface area (Å²) < 4.78 is 28.7. The number of hydrogen-bond acceptors (Lipinski definition) is 5. The van der Waals surface area contributed by atoms with Crippen molar-refractivity contribution in [2.75, 3.05) is 5.32 Å². The maximum Gasteiger partial charge on any atom is 0.267 e. The molecule has 1 saturated carbocycles. The van der Waals surface area contributed by atoms with E-state index in [0.717, 1.165) is 29.2 Å². The number of rotatable bonds is 5. The minimum atomic E-state index is -0.789. The average Bonchev–Trinajstić information content (AvgIpc) is 3.32. The molecule has 0 spiro atoms. The third-order valence-electron chi connectivity index (χ3n) is 4.97. The van der Waals surface area contributed by atoms with Gasteiger partial charge in [0.2, 0.25) is 5.91 Å². The Morgan fingerprint density at radius 3 is 2.68 bits per heavy atom. The Labute approximate surface area is 181 Å². The third-order valence-corrected chi connectivity index (χ3v) is 6.25. The first-order valence-electron chi connectivity index (χ1n) is 9.37. The normalized spacial score (nSPS) is 16.7. The van der Waals surface area contributed by atoms with Crippen LogP contribution >= 0.6 is 18.5 Å². The van der Waals surface area contributed by atoms with Gasteiger partial charge in [0.25, 0.3) is 5.56 Å². The van der Waals surface area contributed by atoms with Crippen molar-refractivity contribution >= 4 is 30.2 Å². The van der Waals surface area contributed by atoms with Gasteiger partial charge < -0.3 is 5.32 Å². The lowest BCUT2D eigenvalue weighted by atomic mass is 10.0. The van der Waals surface area contributed by atoms with E-state index in [1.807, 2.05) is 0 Å². The van der Waals surface area contributed by atoms with Crippen LogP contribution < -0.4 is 10.9 Å². The molecule has 1 amide bonds. The van der Waals surface area contributed by atoms with Crippen LogP contribution in [0.1, 0.15) is 23.6 Å². The number of nitrogens with one attached hydrogen (secondary N) is 1. The molecule has 1 aliphatic rings. The first kappa shape index (κ1) is 21.6. The molecule has 3 aromatic rings. The van der Waals surface area contributed by atoms with Crippen molar-refractivity contribution in [3.8, 4) is 11.1 Å². The summed E-state index contributed by atoms with van der Waals surface area (Å²) in [4.78, 5) is 32.1. The van der Waals surface area contributed by atoms with E-state index < -0.39 is 29.6 Å². The Kier molecular flexibility index (Phi) is 5.67. The summed E-state index contributed by atoms with van der Waals surface area (Å²) in [7, 11) is 5.47. The number of amides is 1. The zero-order valence-corrected chi connectivity index (χ0v) is 18.8. The highest BCUT2D eigenvalue weighted by Crippen LogP contribution is 2.63. The molecule has 0 bridgehead atoms. The van der Waals surface area contributed by atoms with Crippen LogP contribution in [-0.4, -0.2) is 30.6 Å². The molecule has 1 N–H and O–H groups in total. The number of halogens is 2. The Hall–Kier alpha value is -2.63. The standard InChI is InChI=1S/C20H19F2N5O2P2/c1-10-2-11(4-12(21)3-10)13-5-17(29)27(26-18(13)14-6-20(14,30)31)8-16(28)25-19-15(22)7-23-9-24-19/h2-5,7,9,14H,6,8,30-31H2,1H3,(H,23,24,25,28)/t14-/m1/s1. The van der Waals surface area contributed by atoms with Crippen LogP contribution in [0.2, 0.25) is 0 Å². The predicted octanol–water partition coefficient (Wildman–Crippen LogP) is 2.86. The molecule has 1 aromatic carbocycles. The second-order valence-electron chi connectivity index (χ2n) is 7.59. The molecule has 31 heavy (non-hydrogen) atoms. The van der Waals surface area contributed by atoms with Gasteiger partial charge in [0.15, 0.2) is 11.6 Å². The maximum atomic E-state index is 14.0. The van der Waals surface area contributed by atoms with Crippen LogP contribution in [0.5, 0.6) is 0 Å². The van der Waals surface area contributed by atoms with Crippen LogP contribution in [0.3, 0.4) is 0 Å². The molecule has 3 atom stereocenters. The Morgan fingerprint density at radius 1 is 1.29 bits per heavy atom. The number of carbonyl (C=O) groups excluding carboxylic acids is 1. The lowest BCUT2D eigenvalue weighted by Gasteiger charge is -2.14. The summed E-state index contributed by atoms with van der Waals surface area (Å²) >= 11 is 0. The maximum absolute atomic E-state index is 14.0. The number of nitrogens with zero attached hydrogens (tertiary/aromatic N) is 4. The average molecular weight is 461 g/mol. The fourth-order valence-corrected chi connectivity index (χ4v) is 4.14. The number of carbonyl (C=O) groups is 1. The fraction of sp³-hybridized carbons (Fsp3) is 0.250. The van der Waals surface area contributed by atoms with E-state index in [4.69, 9.17) is 0 Å². The summed E-state index contributed by atoms with van der Waals surface area (Å²) in [6, 6.07) is 5.91. The van der Waals surface area contributed by atoms with Gasteiger partial charge in [0.1, 0.15) is 18.7 Å². The van der Waals surface area contributed by atoms with Gasteiger partial charge in [-0.1, -0.05) is 6.07 Å². The van der Waals surface area contributed by atoms with Crippen LogP contribution in [0.4, 0.5) is 14.6 Å². The van der Waals surface area contributed by atoms with Crippen molar-refractivity contribution in [1.82, 2.24) is 19.7 Å². The first-order chi connectivity index (χ1) is 14.6. The van der Waals surface area contributed by atoms with Crippen LogP contribution in [0, 0.1) is 18.6 Å². The summed E-state index contributed by atoms with van der Waals surface area (Å²) in [5.74, 6) is -2.14. The second-order valence-corrected chi connectivity index (χ2v) is 10.4.